The third kappa shape index (κ3) is 4.06. The van der Waals surface area contributed by atoms with Crippen LogP contribution in [0, 0.1) is 0 Å². The van der Waals surface area contributed by atoms with E-state index < -0.39 is 6.10 Å². The molecule has 2 N–H and O–H groups in total. The number of amides is 1. The van der Waals surface area contributed by atoms with Crippen molar-refractivity contribution >= 4 is 11.4 Å². The van der Waals surface area contributed by atoms with Crippen LogP contribution < -0.4 is 10.9 Å². The molecule has 0 unspecified atom stereocenters. The Hall–Kier alpha value is -2.26. The number of carbonyl (C=O) groups excluding carboxylic acids is 1. The van der Waals surface area contributed by atoms with Gasteiger partial charge < -0.3 is 15.3 Å². The first-order valence-corrected chi connectivity index (χ1v) is 10.6. The van der Waals surface area contributed by atoms with Gasteiger partial charge in [0.15, 0.2) is 5.82 Å². The number of aromatic nitrogens is 4. The highest BCUT2D eigenvalue weighted by atomic mass is 16.3. The maximum atomic E-state index is 13.0. The summed E-state index contributed by atoms with van der Waals surface area (Å²) in [5, 5.41) is 22.2. The van der Waals surface area contributed by atoms with Crippen molar-refractivity contribution in [3.8, 4) is 0 Å². The predicted octanol–water partition coefficient (Wildman–Crippen LogP) is 0.463. The lowest BCUT2D eigenvalue weighted by molar-refractivity contribution is -0.124. The monoisotopic (exact) mass is 402 g/mol. The van der Waals surface area contributed by atoms with Gasteiger partial charge in [0.05, 0.1) is 17.8 Å². The van der Waals surface area contributed by atoms with Crippen LogP contribution in [0.4, 0.5) is 0 Å². The fourth-order valence-electron chi connectivity index (χ4n) is 3.94. The fourth-order valence-corrected chi connectivity index (χ4v) is 3.94. The average molecular weight is 402 g/mol. The van der Waals surface area contributed by atoms with E-state index in [9.17, 15) is 14.7 Å². The number of aliphatic hydroxyl groups excluding tert-OH is 1. The Bertz CT molecular complexity index is 961. The second-order valence-electron chi connectivity index (χ2n) is 8.54. The molecule has 1 aliphatic carbocycles. The molecule has 1 saturated heterocycles. The van der Waals surface area contributed by atoms with Crippen LogP contribution in [0.1, 0.15) is 63.4 Å². The lowest BCUT2D eigenvalue weighted by atomic mass is 10.0. The molecule has 1 aliphatic heterocycles. The van der Waals surface area contributed by atoms with Crippen LogP contribution in [-0.4, -0.2) is 67.1 Å². The molecule has 2 aliphatic rings. The van der Waals surface area contributed by atoms with E-state index in [2.05, 4.69) is 27.3 Å². The van der Waals surface area contributed by atoms with Crippen molar-refractivity contribution in [1.29, 1.82) is 0 Å². The molecule has 0 radical (unpaired) electrons. The van der Waals surface area contributed by atoms with E-state index in [1.807, 2.05) is 19.9 Å². The van der Waals surface area contributed by atoms with Gasteiger partial charge in [-0.25, -0.2) is 9.20 Å². The van der Waals surface area contributed by atoms with Crippen LogP contribution in [0.15, 0.2) is 10.9 Å². The zero-order valence-electron chi connectivity index (χ0n) is 17.3. The molecule has 0 spiro atoms. The van der Waals surface area contributed by atoms with E-state index >= 15 is 0 Å². The topological polar surface area (TPSA) is 105 Å². The molecule has 158 valence electrons. The first-order chi connectivity index (χ1) is 13.9. The molecule has 9 nitrogen and oxygen atoms in total. The van der Waals surface area contributed by atoms with E-state index in [0.717, 1.165) is 31.6 Å². The smallest absolute Gasteiger partial charge is 0.293 e. The Morgan fingerprint density at radius 2 is 2.07 bits per heavy atom. The summed E-state index contributed by atoms with van der Waals surface area (Å²) < 4.78 is 2.87. The second-order valence-corrected chi connectivity index (χ2v) is 8.54. The number of likely N-dealkylation sites (tertiary alicyclic amines) is 1. The molecule has 1 saturated carbocycles. The number of hydrogen-bond donors (Lipinski definition) is 2. The SMILES string of the molecule is CCN1CC[C@@H](O)[C@@H](NC(=O)Cn2nc(C(C)C)n3nc(C4CC4)cc3c2=O)C1. The highest BCUT2D eigenvalue weighted by molar-refractivity contribution is 5.76. The standard InChI is InChI=1S/C20H30N6O3/c1-4-24-8-7-17(27)15(10-24)21-18(28)11-25-20(29)16-9-14(13-5-6-13)22-26(16)19(23-25)12(2)3/h9,12-13,15,17,27H,4-8,10-11H2,1-3H3,(H,21,28)/t15-,17+/m0/s1. The molecule has 3 heterocycles. The van der Waals surface area contributed by atoms with E-state index in [1.165, 1.54) is 4.68 Å². The van der Waals surface area contributed by atoms with E-state index in [1.54, 1.807) is 4.52 Å². The normalized spacial score (nSPS) is 23.1. The Labute approximate surface area is 169 Å². The van der Waals surface area contributed by atoms with Gasteiger partial charge in [0.1, 0.15) is 12.1 Å². The number of piperidine rings is 1. The first-order valence-electron chi connectivity index (χ1n) is 10.6. The summed E-state index contributed by atoms with van der Waals surface area (Å²) in [4.78, 5) is 27.8. The Balaban J connectivity index is 1.57. The largest absolute Gasteiger partial charge is 0.391 e. The quantitative estimate of drug-likeness (QED) is 0.728. The van der Waals surface area contributed by atoms with Gasteiger partial charge in [0.2, 0.25) is 5.91 Å². The summed E-state index contributed by atoms with van der Waals surface area (Å²) in [6.45, 7) is 8.18. The summed E-state index contributed by atoms with van der Waals surface area (Å²) in [6, 6.07) is 1.50. The molecule has 2 fully saturated rings. The molecule has 2 aromatic heterocycles. The zero-order chi connectivity index (χ0) is 20.7. The van der Waals surface area contributed by atoms with Crippen molar-refractivity contribution in [3.63, 3.8) is 0 Å². The van der Waals surface area contributed by atoms with Crippen molar-refractivity contribution in [3.05, 3.63) is 27.9 Å². The molecule has 2 atom stereocenters. The van der Waals surface area contributed by atoms with E-state index in [0.29, 0.717) is 30.2 Å². The molecule has 9 heteroatoms. The van der Waals surface area contributed by atoms with Gasteiger partial charge in [-0.3, -0.25) is 9.59 Å². The molecule has 29 heavy (non-hydrogen) atoms. The van der Waals surface area contributed by atoms with Gasteiger partial charge in [0, 0.05) is 24.9 Å². The van der Waals surface area contributed by atoms with Gasteiger partial charge in [0.25, 0.3) is 5.56 Å². The summed E-state index contributed by atoms with van der Waals surface area (Å²) in [7, 11) is 0. The maximum Gasteiger partial charge on any atom is 0.293 e. The third-order valence-corrected chi connectivity index (χ3v) is 5.88. The number of hydrogen-bond acceptors (Lipinski definition) is 6. The summed E-state index contributed by atoms with van der Waals surface area (Å²) in [5.41, 5.74) is 1.08. The zero-order valence-corrected chi connectivity index (χ0v) is 17.3. The van der Waals surface area contributed by atoms with E-state index in [4.69, 9.17) is 0 Å². The molecule has 0 aromatic carbocycles. The van der Waals surface area contributed by atoms with Crippen LogP contribution in [0.3, 0.4) is 0 Å². The first kappa shape index (κ1) is 20.0. The van der Waals surface area contributed by atoms with Crippen LogP contribution in [0.2, 0.25) is 0 Å². The molecular formula is C20H30N6O3. The molecule has 0 bridgehead atoms. The minimum atomic E-state index is -0.573. The number of rotatable bonds is 6. The number of fused-ring (bicyclic) bond motifs is 1. The van der Waals surface area contributed by atoms with Crippen molar-refractivity contribution < 1.29 is 9.90 Å². The van der Waals surface area contributed by atoms with Crippen LogP contribution in [-0.2, 0) is 11.3 Å². The number of aliphatic hydroxyl groups is 1. The van der Waals surface area contributed by atoms with Crippen molar-refractivity contribution in [2.24, 2.45) is 0 Å². The highest BCUT2D eigenvalue weighted by Gasteiger charge is 2.30. The number of nitrogens with zero attached hydrogens (tertiary/aromatic N) is 5. The van der Waals surface area contributed by atoms with Gasteiger partial charge >= 0.3 is 0 Å². The van der Waals surface area contributed by atoms with E-state index in [-0.39, 0.29) is 30.0 Å². The van der Waals surface area contributed by atoms with Gasteiger partial charge in [-0.1, -0.05) is 20.8 Å². The predicted molar refractivity (Wildman–Crippen MR) is 108 cm³/mol. The molecule has 1 amide bonds. The Morgan fingerprint density at radius 3 is 2.72 bits per heavy atom. The number of likely N-dealkylation sites (N-methyl/N-ethyl adjacent to an activating group) is 1. The summed E-state index contributed by atoms with van der Waals surface area (Å²) in [5.74, 6) is 0.828. The Morgan fingerprint density at radius 1 is 1.31 bits per heavy atom. The third-order valence-electron chi connectivity index (χ3n) is 5.88. The van der Waals surface area contributed by atoms with Crippen molar-refractivity contribution in [1.82, 2.24) is 29.6 Å². The number of carbonyl (C=O) groups is 1. The summed E-state index contributed by atoms with van der Waals surface area (Å²) in [6.07, 6.45) is 2.25. The maximum absolute atomic E-state index is 13.0. The van der Waals surface area contributed by atoms with Crippen LogP contribution >= 0.6 is 0 Å². The van der Waals surface area contributed by atoms with Crippen LogP contribution in [0.5, 0.6) is 0 Å². The average Bonchev–Trinajstić information content (AvgIpc) is 3.44. The van der Waals surface area contributed by atoms with Gasteiger partial charge in [-0.15, -0.1) is 0 Å². The lowest BCUT2D eigenvalue weighted by Crippen LogP contribution is -2.55. The van der Waals surface area contributed by atoms with Crippen LogP contribution in [0.25, 0.3) is 5.52 Å². The Kier molecular flexibility index (Phi) is 5.44. The minimum absolute atomic E-state index is 0.0534. The molecule has 4 rings (SSSR count). The summed E-state index contributed by atoms with van der Waals surface area (Å²) >= 11 is 0. The van der Waals surface area contributed by atoms with Gasteiger partial charge in [-0.05, 0) is 31.9 Å². The van der Waals surface area contributed by atoms with Crippen molar-refractivity contribution in [2.75, 3.05) is 19.6 Å². The van der Waals surface area contributed by atoms with Gasteiger partial charge in [-0.2, -0.15) is 10.2 Å². The molecular weight excluding hydrogens is 372 g/mol. The van der Waals surface area contributed by atoms with Crippen molar-refractivity contribution in [2.45, 2.75) is 70.6 Å². The highest BCUT2D eigenvalue weighted by Crippen LogP contribution is 2.39. The number of nitrogens with one attached hydrogen (secondary N) is 1. The second kappa shape index (κ2) is 7.87. The fraction of sp³-hybridized carbons (Fsp3) is 0.700. The minimum Gasteiger partial charge on any atom is -0.391 e. The lowest BCUT2D eigenvalue weighted by Gasteiger charge is -2.35. The molecule has 2 aromatic rings.